The largest absolute Gasteiger partial charge is 0.399 e. The van der Waals surface area contributed by atoms with Gasteiger partial charge in [0, 0.05) is 38.0 Å². The van der Waals surface area contributed by atoms with E-state index in [0.29, 0.717) is 43.8 Å². The topological polar surface area (TPSA) is 122 Å². The highest BCUT2D eigenvalue weighted by Crippen LogP contribution is 2.36. The van der Waals surface area contributed by atoms with Gasteiger partial charge in [-0.15, -0.1) is 0 Å². The zero-order chi connectivity index (χ0) is 23.6. The van der Waals surface area contributed by atoms with Gasteiger partial charge in [-0.05, 0) is 48.7 Å². The summed E-state index contributed by atoms with van der Waals surface area (Å²) >= 11 is 0. The van der Waals surface area contributed by atoms with Crippen LogP contribution in [-0.4, -0.2) is 63.4 Å². The summed E-state index contributed by atoms with van der Waals surface area (Å²) in [5.74, 6) is -0.675. The van der Waals surface area contributed by atoms with Gasteiger partial charge in [-0.2, -0.15) is 4.31 Å². The molecule has 2 aromatic carbocycles. The molecule has 1 fully saturated rings. The molecule has 0 spiro atoms. The zero-order valence-corrected chi connectivity index (χ0v) is 19.3. The monoisotopic (exact) mass is 472 g/mol. The maximum absolute atomic E-state index is 13.8. The second-order valence-corrected chi connectivity index (χ2v) is 10.1. The first-order valence-corrected chi connectivity index (χ1v) is 12.3. The molecular formula is C23H28N4O5S. The number of rotatable bonds is 7. The van der Waals surface area contributed by atoms with Crippen LogP contribution in [-0.2, 0) is 30.8 Å². The van der Waals surface area contributed by atoms with Gasteiger partial charge in [0.05, 0.1) is 11.5 Å². The van der Waals surface area contributed by atoms with E-state index in [2.05, 4.69) is 5.32 Å². The van der Waals surface area contributed by atoms with Crippen molar-refractivity contribution in [2.24, 2.45) is 0 Å². The standard InChI is InChI=1S/C23H28N4O5S/c1-32-14-12-25-22(28)21-15-16-5-2-3-6-19(16)27(21)23(29)20-7-4-13-26(20)33(30,31)18-10-8-17(24)9-11-18/h2-3,5-6,8-11,20-21H,4,7,12-15,24H2,1H3,(H,25,28)/t20-,21-/m0/s1. The van der Waals surface area contributed by atoms with Gasteiger partial charge in [0.25, 0.3) is 0 Å². The van der Waals surface area contributed by atoms with E-state index in [9.17, 15) is 18.0 Å². The molecule has 2 atom stereocenters. The van der Waals surface area contributed by atoms with E-state index in [-0.39, 0.29) is 23.3 Å². The first-order chi connectivity index (χ1) is 15.8. The summed E-state index contributed by atoms with van der Waals surface area (Å²) in [7, 11) is -2.35. The summed E-state index contributed by atoms with van der Waals surface area (Å²) in [5, 5.41) is 2.81. The minimum atomic E-state index is -3.90. The summed E-state index contributed by atoms with van der Waals surface area (Å²) in [4.78, 5) is 28.3. The molecular weight excluding hydrogens is 444 g/mol. The highest BCUT2D eigenvalue weighted by molar-refractivity contribution is 7.89. The Morgan fingerprint density at radius 3 is 2.58 bits per heavy atom. The first-order valence-electron chi connectivity index (χ1n) is 10.9. The van der Waals surface area contributed by atoms with Gasteiger partial charge < -0.3 is 15.8 Å². The molecule has 0 unspecified atom stereocenters. The molecule has 2 aliphatic heterocycles. The third-order valence-corrected chi connectivity index (χ3v) is 8.02. The molecule has 9 nitrogen and oxygen atoms in total. The van der Waals surface area contributed by atoms with Crippen LogP contribution in [0.5, 0.6) is 0 Å². The van der Waals surface area contributed by atoms with Crippen LogP contribution in [0.1, 0.15) is 18.4 Å². The van der Waals surface area contributed by atoms with Crippen molar-refractivity contribution in [2.75, 3.05) is 37.4 Å². The molecule has 0 bridgehead atoms. The lowest BCUT2D eigenvalue weighted by atomic mass is 10.1. The number of methoxy groups -OCH3 is 1. The highest BCUT2D eigenvalue weighted by Gasteiger charge is 2.46. The minimum Gasteiger partial charge on any atom is -0.399 e. The van der Waals surface area contributed by atoms with E-state index in [4.69, 9.17) is 10.5 Å². The van der Waals surface area contributed by atoms with E-state index in [1.165, 1.54) is 33.5 Å². The highest BCUT2D eigenvalue weighted by atomic mass is 32.2. The summed E-state index contributed by atoms with van der Waals surface area (Å²) in [5.41, 5.74) is 7.68. The Kier molecular flexibility index (Phi) is 6.68. The van der Waals surface area contributed by atoms with E-state index >= 15 is 0 Å². The average molecular weight is 473 g/mol. The maximum atomic E-state index is 13.8. The minimum absolute atomic E-state index is 0.0899. The Bertz CT molecular complexity index is 1140. The van der Waals surface area contributed by atoms with Crippen LogP contribution < -0.4 is 16.0 Å². The fraction of sp³-hybridized carbons (Fsp3) is 0.391. The summed E-state index contributed by atoms with van der Waals surface area (Å²) in [6.07, 6.45) is 1.33. The Morgan fingerprint density at radius 2 is 1.85 bits per heavy atom. The van der Waals surface area contributed by atoms with Gasteiger partial charge in [0.15, 0.2) is 0 Å². The van der Waals surface area contributed by atoms with Gasteiger partial charge in [0.2, 0.25) is 21.8 Å². The number of para-hydroxylation sites is 1. The number of amides is 2. The Hall–Kier alpha value is -2.95. The predicted molar refractivity (Wildman–Crippen MR) is 124 cm³/mol. The van der Waals surface area contributed by atoms with Crippen LogP contribution in [0.3, 0.4) is 0 Å². The molecule has 0 saturated carbocycles. The Balaban J connectivity index is 1.63. The summed E-state index contributed by atoms with van der Waals surface area (Å²) < 4.78 is 32.9. The molecule has 4 rings (SSSR count). The lowest BCUT2D eigenvalue weighted by Gasteiger charge is -2.31. The summed E-state index contributed by atoms with van der Waals surface area (Å²) in [6.45, 7) is 0.921. The number of sulfonamides is 1. The molecule has 0 radical (unpaired) electrons. The van der Waals surface area contributed by atoms with E-state index in [1.54, 1.807) is 13.2 Å². The van der Waals surface area contributed by atoms with Gasteiger partial charge in [-0.25, -0.2) is 8.42 Å². The molecule has 0 aliphatic carbocycles. The number of carbonyl (C=O) groups is 2. The smallest absolute Gasteiger partial charge is 0.246 e. The number of nitrogens with two attached hydrogens (primary N) is 1. The van der Waals surface area contributed by atoms with Crippen molar-refractivity contribution in [3.8, 4) is 0 Å². The molecule has 2 amide bonds. The molecule has 10 heteroatoms. The number of fused-ring (bicyclic) bond motifs is 1. The number of hydrogen-bond acceptors (Lipinski definition) is 6. The Labute approximate surface area is 193 Å². The SMILES string of the molecule is COCCNC(=O)[C@@H]1Cc2ccccc2N1C(=O)[C@@H]1CCCN1S(=O)(=O)c1ccc(N)cc1. The zero-order valence-electron chi connectivity index (χ0n) is 18.4. The van der Waals surface area contributed by atoms with Crippen LogP contribution in [0.25, 0.3) is 0 Å². The number of nitrogens with one attached hydrogen (secondary N) is 1. The molecule has 1 saturated heterocycles. The second kappa shape index (κ2) is 9.50. The molecule has 2 aromatic rings. The molecule has 33 heavy (non-hydrogen) atoms. The van der Waals surface area contributed by atoms with E-state index in [1.807, 2.05) is 18.2 Å². The fourth-order valence-corrected chi connectivity index (χ4v) is 6.12. The quantitative estimate of drug-likeness (QED) is 0.460. The second-order valence-electron chi connectivity index (χ2n) is 8.18. The first kappa shape index (κ1) is 23.2. The molecule has 176 valence electrons. The fourth-order valence-electron chi connectivity index (χ4n) is 4.47. The third kappa shape index (κ3) is 4.46. The van der Waals surface area contributed by atoms with Crippen molar-refractivity contribution in [1.29, 1.82) is 0 Å². The summed E-state index contributed by atoms with van der Waals surface area (Å²) in [6, 6.07) is 11.7. The van der Waals surface area contributed by atoms with Gasteiger partial charge >= 0.3 is 0 Å². The van der Waals surface area contributed by atoms with Crippen LogP contribution in [0.2, 0.25) is 0 Å². The van der Waals surface area contributed by atoms with Crippen molar-refractivity contribution >= 4 is 33.2 Å². The normalized spacial score (nSPS) is 20.6. The van der Waals surface area contributed by atoms with Crippen LogP contribution >= 0.6 is 0 Å². The van der Waals surface area contributed by atoms with Crippen molar-refractivity contribution in [3.63, 3.8) is 0 Å². The molecule has 2 aliphatic rings. The number of ether oxygens (including phenoxy) is 1. The van der Waals surface area contributed by atoms with Gasteiger partial charge in [-0.1, -0.05) is 18.2 Å². The van der Waals surface area contributed by atoms with Gasteiger partial charge in [-0.3, -0.25) is 14.5 Å². The number of benzene rings is 2. The van der Waals surface area contributed by atoms with Crippen molar-refractivity contribution in [3.05, 3.63) is 54.1 Å². The average Bonchev–Trinajstić information content (AvgIpc) is 3.45. The van der Waals surface area contributed by atoms with E-state index in [0.717, 1.165) is 5.56 Å². The van der Waals surface area contributed by atoms with E-state index < -0.39 is 22.1 Å². The van der Waals surface area contributed by atoms with Crippen LogP contribution in [0, 0.1) is 0 Å². The number of nitrogens with zero attached hydrogens (tertiary/aromatic N) is 2. The predicted octanol–water partition coefficient (Wildman–Crippen LogP) is 1.14. The Morgan fingerprint density at radius 1 is 1.12 bits per heavy atom. The maximum Gasteiger partial charge on any atom is 0.246 e. The van der Waals surface area contributed by atoms with Crippen molar-refractivity contribution in [1.82, 2.24) is 9.62 Å². The number of hydrogen-bond donors (Lipinski definition) is 2. The lowest BCUT2D eigenvalue weighted by Crippen LogP contribution is -2.54. The molecule has 2 heterocycles. The molecule has 0 aromatic heterocycles. The van der Waals surface area contributed by atoms with Crippen LogP contribution in [0.15, 0.2) is 53.4 Å². The molecule has 3 N–H and O–H groups in total. The number of nitrogen functional groups attached to an aromatic ring is 1. The third-order valence-electron chi connectivity index (χ3n) is 6.10. The number of anilines is 2. The van der Waals surface area contributed by atoms with Gasteiger partial charge in [0.1, 0.15) is 12.1 Å². The lowest BCUT2D eigenvalue weighted by molar-refractivity contribution is -0.127. The van der Waals surface area contributed by atoms with Crippen molar-refractivity contribution < 1.29 is 22.7 Å². The van der Waals surface area contributed by atoms with Crippen LogP contribution in [0.4, 0.5) is 11.4 Å². The van der Waals surface area contributed by atoms with Crippen molar-refractivity contribution in [2.45, 2.75) is 36.2 Å². The number of carbonyl (C=O) groups excluding carboxylic acids is 2.